The van der Waals surface area contributed by atoms with E-state index in [1.165, 1.54) is 12.3 Å². The largest absolute Gasteiger partial charge is 0.273 e. The highest BCUT2D eigenvalue weighted by Crippen LogP contribution is 2.28. The quantitative estimate of drug-likeness (QED) is 0.324. The van der Waals surface area contributed by atoms with Gasteiger partial charge in [-0.05, 0) is 42.0 Å². The summed E-state index contributed by atoms with van der Waals surface area (Å²) < 4.78 is 0. The first-order valence-electron chi connectivity index (χ1n) is 8.59. The van der Waals surface area contributed by atoms with Crippen molar-refractivity contribution in [2.45, 2.75) is 16.2 Å². The van der Waals surface area contributed by atoms with Crippen molar-refractivity contribution in [1.82, 2.24) is 5.43 Å². The lowest BCUT2D eigenvalue weighted by atomic mass is 10.1. The van der Waals surface area contributed by atoms with Crippen molar-refractivity contribution in [2.24, 2.45) is 5.10 Å². The van der Waals surface area contributed by atoms with Gasteiger partial charge in [0.05, 0.1) is 17.6 Å². The number of halogens is 1. The van der Waals surface area contributed by atoms with Crippen LogP contribution in [0.5, 0.6) is 0 Å². The van der Waals surface area contributed by atoms with Gasteiger partial charge in [-0.3, -0.25) is 14.9 Å². The predicted octanol–water partition coefficient (Wildman–Crippen LogP) is 5.09. The zero-order valence-corrected chi connectivity index (χ0v) is 16.7. The Kier molecular flexibility index (Phi) is 6.99. The second-order valence-corrected chi connectivity index (χ2v) is 7.56. The number of para-hydroxylation sites is 1. The van der Waals surface area contributed by atoms with E-state index in [4.69, 9.17) is 11.6 Å². The molecule has 3 aromatic carbocycles. The maximum atomic E-state index is 12.0. The number of carbonyl (C=O) groups is 1. The van der Waals surface area contributed by atoms with Crippen molar-refractivity contribution in [3.63, 3.8) is 0 Å². The van der Waals surface area contributed by atoms with Gasteiger partial charge in [-0.25, -0.2) is 5.43 Å². The Morgan fingerprint density at radius 2 is 1.66 bits per heavy atom. The van der Waals surface area contributed by atoms with Crippen molar-refractivity contribution in [1.29, 1.82) is 0 Å². The fraction of sp³-hybridized carbons (Fsp3) is 0.0476. The van der Waals surface area contributed by atoms with Crippen molar-refractivity contribution in [3.05, 3.63) is 99.1 Å². The Balaban J connectivity index is 1.54. The van der Waals surface area contributed by atoms with E-state index >= 15 is 0 Å². The summed E-state index contributed by atoms with van der Waals surface area (Å²) in [6.07, 6.45) is 1.40. The number of hydrogen-bond acceptors (Lipinski definition) is 5. The van der Waals surface area contributed by atoms with Crippen LogP contribution in [-0.4, -0.2) is 17.0 Å². The smallest absolute Gasteiger partial charge is 0.273 e. The molecule has 0 unspecified atom stereocenters. The van der Waals surface area contributed by atoms with Crippen LogP contribution in [0.15, 0.2) is 87.7 Å². The van der Waals surface area contributed by atoms with E-state index in [0.29, 0.717) is 10.6 Å². The summed E-state index contributed by atoms with van der Waals surface area (Å²) in [6.45, 7) is 0. The van der Waals surface area contributed by atoms with Gasteiger partial charge in [0.25, 0.3) is 5.69 Å². The minimum absolute atomic E-state index is 0.0830. The van der Waals surface area contributed by atoms with Crippen LogP contribution in [0.2, 0.25) is 5.02 Å². The van der Waals surface area contributed by atoms with Gasteiger partial charge in [-0.2, -0.15) is 5.10 Å². The summed E-state index contributed by atoms with van der Waals surface area (Å²) in [6, 6.07) is 21.4. The molecule has 0 aliphatic rings. The molecule has 0 saturated heterocycles. The van der Waals surface area contributed by atoms with E-state index in [-0.39, 0.29) is 12.1 Å². The molecular weight excluding hydrogens is 410 g/mol. The minimum atomic E-state index is -0.504. The fourth-order valence-corrected chi connectivity index (χ4v) is 3.43. The predicted molar refractivity (Wildman–Crippen MR) is 115 cm³/mol. The molecule has 3 rings (SSSR count). The topological polar surface area (TPSA) is 84.6 Å². The Morgan fingerprint density at radius 1 is 1.03 bits per heavy atom. The summed E-state index contributed by atoms with van der Waals surface area (Å²) >= 11 is 7.50. The average Bonchev–Trinajstić information content (AvgIpc) is 2.71. The molecule has 1 amide bonds. The van der Waals surface area contributed by atoms with Gasteiger partial charge >= 0.3 is 0 Å². The number of nitro benzene ring substituents is 1. The highest BCUT2D eigenvalue weighted by Gasteiger charge is 2.14. The van der Waals surface area contributed by atoms with Crippen molar-refractivity contribution < 1.29 is 9.72 Å². The highest BCUT2D eigenvalue weighted by atomic mass is 35.5. The van der Waals surface area contributed by atoms with Crippen LogP contribution in [0.3, 0.4) is 0 Å². The molecule has 29 heavy (non-hydrogen) atoms. The van der Waals surface area contributed by atoms with Gasteiger partial charge in [-0.1, -0.05) is 53.7 Å². The number of carbonyl (C=O) groups excluding carboxylic acids is 1. The molecular formula is C21H16ClN3O3S. The zero-order valence-electron chi connectivity index (χ0n) is 15.1. The van der Waals surface area contributed by atoms with Crippen LogP contribution in [-0.2, 0) is 11.2 Å². The van der Waals surface area contributed by atoms with Crippen molar-refractivity contribution in [2.75, 3.05) is 0 Å². The molecule has 0 fully saturated rings. The average molecular weight is 426 g/mol. The van der Waals surface area contributed by atoms with Crippen molar-refractivity contribution in [3.8, 4) is 0 Å². The fourth-order valence-electron chi connectivity index (χ4n) is 2.49. The van der Waals surface area contributed by atoms with Crippen LogP contribution in [0, 0.1) is 10.1 Å². The van der Waals surface area contributed by atoms with Gasteiger partial charge in [-0.15, -0.1) is 0 Å². The SMILES string of the molecule is O=C(Cc1ccccc1[N+](=O)[O-])NN=Cc1ccc(Sc2ccc(Cl)cc2)cc1. The van der Waals surface area contributed by atoms with E-state index in [2.05, 4.69) is 10.5 Å². The van der Waals surface area contributed by atoms with Gasteiger partial charge in [0.2, 0.25) is 5.91 Å². The summed E-state index contributed by atoms with van der Waals surface area (Å²) in [5, 5.41) is 15.6. The molecule has 6 nitrogen and oxygen atoms in total. The molecule has 3 aromatic rings. The number of nitrogens with one attached hydrogen (secondary N) is 1. The molecule has 146 valence electrons. The number of amides is 1. The second-order valence-electron chi connectivity index (χ2n) is 5.98. The Bertz CT molecular complexity index is 1040. The number of nitrogens with zero attached hydrogens (tertiary/aromatic N) is 2. The van der Waals surface area contributed by atoms with Gasteiger partial charge in [0, 0.05) is 26.4 Å². The molecule has 8 heteroatoms. The second kappa shape index (κ2) is 9.86. The monoisotopic (exact) mass is 425 g/mol. The van der Waals surface area contributed by atoms with E-state index in [1.54, 1.807) is 30.0 Å². The molecule has 0 radical (unpaired) electrons. The maximum absolute atomic E-state index is 12.0. The lowest BCUT2D eigenvalue weighted by Crippen LogP contribution is -2.20. The number of rotatable bonds is 7. The molecule has 0 saturated carbocycles. The standard InChI is InChI=1S/C21H16ClN3O3S/c22-17-7-11-19(12-8-17)29-18-9-5-15(6-10-18)14-23-24-21(26)13-16-3-1-2-4-20(16)25(27)28/h1-12,14H,13H2,(H,24,26). The zero-order chi connectivity index (χ0) is 20.6. The summed E-state index contributed by atoms with van der Waals surface area (Å²) in [5.41, 5.74) is 3.47. The van der Waals surface area contributed by atoms with Crippen molar-refractivity contribution >= 4 is 41.2 Å². The highest BCUT2D eigenvalue weighted by molar-refractivity contribution is 7.99. The Labute approximate surface area is 176 Å². The first-order valence-corrected chi connectivity index (χ1v) is 9.78. The van der Waals surface area contributed by atoms with Crippen LogP contribution in [0.4, 0.5) is 5.69 Å². The Hall–Kier alpha value is -3.16. The van der Waals surface area contributed by atoms with Gasteiger partial charge in [0.15, 0.2) is 0 Å². The molecule has 0 bridgehead atoms. The first-order chi connectivity index (χ1) is 14.0. The third-order valence-corrected chi connectivity index (χ3v) is 5.14. The number of hydrogen-bond donors (Lipinski definition) is 1. The van der Waals surface area contributed by atoms with Crippen LogP contribution >= 0.6 is 23.4 Å². The van der Waals surface area contributed by atoms with E-state index in [0.717, 1.165) is 15.4 Å². The summed E-state index contributed by atoms with van der Waals surface area (Å²) in [5.74, 6) is -0.425. The maximum Gasteiger partial charge on any atom is 0.273 e. The molecule has 0 heterocycles. The van der Waals surface area contributed by atoms with E-state index in [1.807, 2.05) is 48.5 Å². The lowest BCUT2D eigenvalue weighted by Gasteiger charge is -2.03. The third-order valence-electron chi connectivity index (χ3n) is 3.87. The van der Waals surface area contributed by atoms with Crippen LogP contribution in [0.25, 0.3) is 0 Å². The summed E-state index contributed by atoms with van der Waals surface area (Å²) in [4.78, 5) is 24.6. The number of benzene rings is 3. The molecule has 0 spiro atoms. The molecule has 0 aromatic heterocycles. The number of hydrazone groups is 1. The normalized spacial score (nSPS) is 10.8. The lowest BCUT2D eigenvalue weighted by molar-refractivity contribution is -0.385. The Morgan fingerprint density at radius 3 is 2.31 bits per heavy atom. The first kappa shape index (κ1) is 20.6. The van der Waals surface area contributed by atoms with Gasteiger partial charge in [0.1, 0.15) is 0 Å². The molecule has 0 aliphatic carbocycles. The number of nitro groups is 1. The van der Waals surface area contributed by atoms with Gasteiger partial charge < -0.3 is 0 Å². The molecule has 0 atom stereocenters. The van der Waals surface area contributed by atoms with Crippen LogP contribution in [0.1, 0.15) is 11.1 Å². The third kappa shape index (κ3) is 6.17. The minimum Gasteiger partial charge on any atom is -0.273 e. The molecule has 0 aliphatic heterocycles. The summed E-state index contributed by atoms with van der Waals surface area (Å²) in [7, 11) is 0. The van der Waals surface area contributed by atoms with E-state index in [9.17, 15) is 14.9 Å². The molecule has 1 N–H and O–H groups in total. The van der Waals surface area contributed by atoms with Crippen LogP contribution < -0.4 is 5.43 Å². The van der Waals surface area contributed by atoms with E-state index < -0.39 is 10.8 Å².